The Hall–Kier alpha value is -2.71. The van der Waals surface area contributed by atoms with Crippen molar-refractivity contribution in [2.45, 2.75) is 6.10 Å². The minimum absolute atomic E-state index is 0.193. The van der Waals surface area contributed by atoms with Gasteiger partial charge in [-0.25, -0.2) is 0 Å². The number of rotatable bonds is 2. The van der Waals surface area contributed by atoms with Crippen LogP contribution >= 0.6 is 27.3 Å². The minimum Gasteiger partial charge on any atom is -0.485 e. The van der Waals surface area contributed by atoms with Gasteiger partial charge in [0, 0.05) is 4.47 Å². The molecule has 0 saturated carbocycles. The minimum atomic E-state index is -0.443. The number of nitrogens with zero attached hydrogens (tertiary/aromatic N) is 3. The predicted octanol–water partition coefficient (Wildman–Crippen LogP) is 2.97. The van der Waals surface area contributed by atoms with Gasteiger partial charge in [0.2, 0.25) is 4.96 Å². The lowest BCUT2D eigenvalue weighted by Gasteiger charge is -2.24. The zero-order valence-corrected chi connectivity index (χ0v) is 16.2. The van der Waals surface area contributed by atoms with Gasteiger partial charge in [-0.3, -0.25) is 4.79 Å². The van der Waals surface area contributed by atoms with Crippen LogP contribution in [0.3, 0.4) is 0 Å². The fourth-order valence-corrected chi connectivity index (χ4v) is 4.17. The van der Waals surface area contributed by atoms with Crippen molar-refractivity contribution < 1.29 is 9.47 Å². The number of hydrogen-bond acceptors (Lipinski definition) is 6. The van der Waals surface area contributed by atoms with Gasteiger partial charge in [-0.05, 0) is 29.8 Å². The van der Waals surface area contributed by atoms with Crippen LogP contribution < -0.4 is 19.6 Å². The van der Waals surface area contributed by atoms with Crippen LogP contribution in [0.5, 0.6) is 11.5 Å². The summed E-state index contributed by atoms with van der Waals surface area (Å²) in [6.45, 7) is 0.305. The summed E-state index contributed by atoms with van der Waals surface area (Å²) >= 11 is 4.79. The number of hydrogen-bond donors (Lipinski definition) is 0. The third-order valence-electron chi connectivity index (χ3n) is 4.19. The first-order valence-corrected chi connectivity index (χ1v) is 9.84. The Balaban J connectivity index is 1.52. The third-order valence-corrected chi connectivity index (χ3v) is 5.87. The molecule has 2 aromatic carbocycles. The van der Waals surface area contributed by atoms with E-state index >= 15 is 0 Å². The van der Waals surface area contributed by atoms with Gasteiger partial charge in [0.15, 0.2) is 23.4 Å². The van der Waals surface area contributed by atoms with E-state index in [1.807, 2.05) is 54.6 Å². The molecule has 134 valence electrons. The Morgan fingerprint density at radius 2 is 1.93 bits per heavy atom. The maximum Gasteiger partial charge on any atom is 0.291 e. The van der Waals surface area contributed by atoms with E-state index in [1.165, 1.54) is 15.9 Å². The monoisotopic (exact) mass is 441 g/mol. The van der Waals surface area contributed by atoms with Crippen molar-refractivity contribution in [3.63, 3.8) is 0 Å². The molecule has 2 aromatic heterocycles. The molecule has 0 aliphatic carbocycles. The van der Waals surface area contributed by atoms with Crippen LogP contribution in [-0.4, -0.2) is 21.2 Å². The second-order valence-electron chi connectivity index (χ2n) is 5.97. The summed E-state index contributed by atoms with van der Waals surface area (Å²) in [5.74, 6) is 1.79. The highest BCUT2D eigenvalue weighted by atomic mass is 79.9. The molecule has 0 radical (unpaired) electrons. The van der Waals surface area contributed by atoms with E-state index < -0.39 is 6.10 Å². The summed E-state index contributed by atoms with van der Waals surface area (Å²) in [7, 11) is 0. The van der Waals surface area contributed by atoms with Crippen LogP contribution in [0.1, 0.15) is 17.5 Å². The molecule has 0 fully saturated rings. The summed E-state index contributed by atoms with van der Waals surface area (Å²) in [4.78, 5) is 17.7. The van der Waals surface area contributed by atoms with Crippen LogP contribution in [0.2, 0.25) is 0 Å². The lowest BCUT2D eigenvalue weighted by molar-refractivity contribution is 0.0852. The summed E-state index contributed by atoms with van der Waals surface area (Å²) in [5.41, 5.74) is 0.738. The normalized spacial score (nSPS) is 16.8. The highest BCUT2D eigenvalue weighted by Crippen LogP contribution is 2.35. The Labute approximate surface area is 165 Å². The molecule has 8 heteroatoms. The van der Waals surface area contributed by atoms with E-state index in [1.54, 1.807) is 0 Å². The quantitative estimate of drug-likeness (QED) is 0.478. The highest BCUT2D eigenvalue weighted by molar-refractivity contribution is 9.10. The molecule has 1 aliphatic rings. The molecule has 0 spiro atoms. The number of para-hydroxylation sites is 2. The van der Waals surface area contributed by atoms with E-state index in [9.17, 15) is 4.79 Å². The molecule has 1 atom stereocenters. The van der Waals surface area contributed by atoms with E-state index in [4.69, 9.17) is 9.47 Å². The van der Waals surface area contributed by atoms with Crippen molar-refractivity contribution in [1.82, 2.24) is 14.6 Å². The molecule has 0 saturated heterocycles. The van der Waals surface area contributed by atoms with Crippen LogP contribution in [0.25, 0.3) is 11.0 Å². The average molecular weight is 442 g/mol. The molecule has 0 N–H and O–H groups in total. The van der Waals surface area contributed by atoms with Gasteiger partial charge in [-0.1, -0.05) is 57.6 Å². The Morgan fingerprint density at radius 3 is 2.74 bits per heavy atom. The number of ether oxygens (including phenoxy) is 2. The molecule has 27 heavy (non-hydrogen) atoms. The zero-order valence-electron chi connectivity index (χ0n) is 13.8. The molecule has 4 aromatic rings. The van der Waals surface area contributed by atoms with Crippen LogP contribution in [-0.2, 0) is 0 Å². The van der Waals surface area contributed by atoms with Gasteiger partial charge in [0.25, 0.3) is 5.56 Å². The standard InChI is InChI=1S/C19H12BrN3O3S/c20-12-6-2-1-5-11(12)9-16-18(24)23-19(27-16)21-17(22-23)15-10-25-13-7-3-4-8-14(13)26-15/h1-9,15H,10H2/b16-9+/t15-/m0/s1. The fraction of sp³-hybridized carbons (Fsp3) is 0.105. The largest absolute Gasteiger partial charge is 0.485 e. The number of aromatic nitrogens is 3. The molecular formula is C19H12BrN3O3S. The maximum absolute atomic E-state index is 12.7. The molecule has 0 bridgehead atoms. The van der Waals surface area contributed by atoms with Gasteiger partial charge in [-0.2, -0.15) is 9.50 Å². The predicted molar refractivity (Wildman–Crippen MR) is 105 cm³/mol. The average Bonchev–Trinajstić information content (AvgIpc) is 3.23. The topological polar surface area (TPSA) is 65.7 Å². The van der Waals surface area contributed by atoms with E-state index in [2.05, 4.69) is 26.0 Å². The van der Waals surface area contributed by atoms with Gasteiger partial charge in [-0.15, -0.1) is 5.10 Å². The van der Waals surface area contributed by atoms with Gasteiger partial charge in [0.1, 0.15) is 6.61 Å². The lowest BCUT2D eigenvalue weighted by atomic mass is 10.2. The number of benzene rings is 2. The SMILES string of the molecule is O=c1/c(=C\c2ccccc2Br)sc2nc([C@@H]3COc4ccccc4O3)nn12. The van der Waals surface area contributed by atoms with Gasteiger partial charge in [0.05, 0.1) is 4.53 Å². The second kappa shape index (κ2) is 6.47. The summed E-state index contributed by atoms with van der Waals surface area (Å²) in [5, 5.41) is 4.36. The zero-order chi connectivity index (χ0) is 18.4. The van der Waals surface area contributed by atoms with Crippen molar-refractivity contribution in [2.75, 3.05) is 6.61 Å². The Bertz CT molecular complexity index is 1270. The first-order valence-electron chi connectivity index (χ1n) is 8.23. The molecule has 5 rings (SSSR count). The van der Waals surface area contributed by atoms with Crippen molar-refractivity contribution in [3.05, 3.63) is 79.3 Å². The summed E-state index contributed by atoms with van der Waals surface area (Å²) in [6, 6.07) is 15.2. The van der Waals surface area contributed by atoms with E-state index in [0.29, 0.717) is 33.4 Å². The molecular weight excluding hydrogens is 430 g/mol. The molecule has 0 unspecified atom stereocenters. The number of halogens is 1. The van der Waals surface area contributed by atoms with Gasteiger partial charge < -0.3 is 9.47 Å². The molecule has 0 amide bonds. The summed E-state index contributed by atoms with van der Waals surface area (Å²) < 4.78 is 14.5. The number of thiazole rings is 1. The van der Waals surface area contributed by atoms with E-state index in [0.717, 1.165) is 10.0 Å². The van der Waals surface area contributed by atoms with Crippen LogP contribution in [0, 0.1) is 0 Å². The molecule has 6 nitrogen and oxygen atoms in total. The van der Waals surface area contributed by atoms with E-state index in [-0.39, 0.29) is 5.56 Å². The molecule has 3 heterocycles. The number of fused-ring (bicyclic) bond motifs is 2. The van der Waals surface area contributed by atoms with Crippen molar-refractivity contribution in [2.24, 2.45) is 0 Å². The van der Waals surface area contributed by atoms with Crippen LogP contribution in [0.15, 0.2) is 57.8 Å². The van der Waals surface area contributed by atoms with Gasteiger partial charge >= 0.3 is 0 Å². The van der Waals surface area contributed by atoms with Crippen molar-refractivity contribution in [3.8, 4) is 11.5 Å². The second-order valence-corrected chi connectivity index (χ2v) is 7.83. The summed E-state index contributed by atoms with van der Waals surface area (Å²) in [6.07, 6.45) is 1.39. The Morgan fingerprint density at radius 1 is 1.15 bits per heavy atom. The first kappa shape index (κ1) is 16.5. The first-order chi connectivity index (χ1) is 13.2. The Kier molecular flexibility index (Phi) is 3.95. The van der Waals surface area contributed by atoms with Crippen molar-refractivity contribution >= 4 is 38.3 Å². The third kappa shape index (κ3) is 2.90. The molecule has 1 aliphatic heterocycles. The van der Waals surface area contributed by atoms with Crippen LogP contribution in [0.4, 0.5) is 0 Å². The van der Waals surface area contributed by atoms with Crippen molar-refractivity contribution in [1.29, 1.82) is 0 Å². The fourth-order valence-electron chi connectivity index (χ4n) is 2.87. The maximum atomic E-state index is 12.7. The lowest BCUT2D eigenvalue weighted by Crippen LogP contribution is -2.26. The highest BCUT2D eigenvalue weighted by Gasteiger charge is 2.27. The smallest absolute Gasteiger partial charge is 0.291 e.